The Morgan fingerprint density at radius 1 is 1.25 bits per heavy atom. The van der Waals surface area contributed by atoms with Gasteiger partial charge in [0.1, 0.15) is 0 Å². The molecule has 6 heteroatoms. The first kappa shape index (κ1) is 16.5. The van der Waals surface area contributed by atoms with Crippen LogP contribution in [0.15, 0.2) is 24.3 Å². The minimum absolute atomic E-state index is 0.0128. The van der Waals surface area contributed by atoms with Crippen molar-refractivity contribution in [3.8, 4) is 0 Å². The van der Waals surface area contributed by atoms with Crippen LogP contribution in [0.5, 0.6) is 0 Å². The number of hydrogen-bond donors (Lipinski definition) is 3. The molecule has 1 aromatic rings. The van der Waals surface area contributed by atoms with E-state index in [0.717, 1.165) is 5.56 Å². The summed E-state index contributed by atoms with van der Waals surface area (Å²) in [6, 6.07) is 6.87. The third-order valence-corrected chi connectivity index (χ3v) is 2.83. The summed E-state index contributed by atoms with van der Waals surface area (Å²) in [5.74, 6) is -0.378. The topological polar surface area (TPSA) is 70.2 Å². The standard InChI is InChI=1S/C14H20ClN3O2/c1-9(2)17-14(20)18-13(19)8-16-10(3)11-5-4-6-12(15)7-11/h4-7,9-10,16H,8H2,1-3H3,(H2,17,18,19,20)/t10-/m1/s1. The molecule has 0 radical (unpaired) electrons. The second kappa shape index (κ2) is 7.87. The lowest BCUT2D eigenvalue weighted by Gasteiger charge is -2.14. The molecule has 0 aliphatic rings. The number of urea groups is 1. The average molecular weight is 298 g/mol. The molecule has 5 nitrogen and oxygen atoms in total. The molecule has 1 aromatic carbocycles. The summed E-state index contributed by atoms with van der Waals surface area (Å²) in [7, 11) is 0. The van der Waals surface area contributed by atoms with Gasteiger partial charge in [-0.1, -0.05) is 23.7 Å². The zero-order chi connectivity index (χ0) is 15.1. The molecule has 0 aromatic heterocycles. The minimum Gasteiger partial charge on any atom is -0.336 e. The first-order chi connectivity index (χ1) is 9.38. The van der Waals surface area contributed by atoms with Crippen molar-refractivity contribution in [3.05, 3.63) is 34.9 Å². The van der Waals surface area contributed by atoms with Crippen LogP contribution in [0.4, 0.5) is 4.79 Å². The Hall–Kier alpha value is -1.59. The quantitative estimate of drug-likeness (QED) is 0.780. The van der Waals surface area contributed by atoms with Crippen LogP contribution in [0.1, 0.15) is 32.4 Å². The van der Waals surface area contributed by atoms with E-state index in [1.807, 2.05) is 39.0 Å². The number of nitrogens with one attached hydrogen (secondary N) is 3. The van der Waals surface area contributed by atoms with E-state index in [2.05, 4.69) is 16.0 Å². The van der Waals surface area contributed by atoms with Gasteiger partial charge in [0.2, 0.25) is 5.91 Å². The number of hydrogen-bond acceptors (Lipinski definition) is 3. The van der Waals surface area contributed by atoms with Gasteiger partial charge in [-0.3, -0.25) is 10.1 Å². The Morgan fingerprint density at radius 3 is 2.55 bits per heavy atom. The lowest BCUT2D eigenvalue weighted by atomic mass is 10.1. The van der Waals surface area contributed by atoms with Crippen LogP contribution < -0.4 is 16.0 Å². The number of halogens is 1. The molecule has 0 bridgehead atoms. The number of carbonyl (C=O) groups is 2. The summed E-state index contributed by atoms with van der Waals surface area (Å²) in [4.78, 5) is 22.9. The molecule has 110 valence electrons. The van der Waals surface area contributed by atoms with Crippen LogP contribution in [0, 0.1) is 0 Å². The number of amides is 3. The van der Waals surface area contributed by atoms with Gasteiger partial charge < -0.3 is 10.6 Å². The Morgan fingerprint density at radius 2 is 1.95 bits per heavy atom. The fraction of sp³-hybridized carbons (Fsp3) is 0.429. The molecule has 0 unspecified atom stereocenters. The lowest BCUT2D eigenvalue weighted by Crippen LogP contribution is -2.45. The van der Waals surface area contributed by atoms with Crippen molar-refractivity contribution in [1.82, 2.24) is 16.0 Å². The highest BCUT2D eigenvalue weighted by Crippen LogP contribution is 2.16. The molecular formula is C14H20ClN3O2. The number of benzene rings is 1. The lowest BCUT2D eigenvalue weighted by molar-refractivity contribution is -0.119. The summed E-state index contributed by atoms with van der Waals surface area (Å²) in [6.45, 7) is 5.62. The van der Waals surface area contributed by atoms with Gasteiger partial charge in [-0.05, 0) is 38.5 Å². The van der Waals surface area contributed by atoms with E-state index in [9.17, 15) is 9.59 Å². The smallest absolute Gasteiger partial charge is 0.321 e. The highest BCUT2D eigenvalue weighted by Gasteiger charge is 2.11. The highest BCUT2D eigenvalue weighted by atomic mass is 35.5. The maximum Gasteiger partial charge on any atom is 0.321 e. The molecule has 1 atom stereocenters. The largest absolute Gasteiger partial charge is 0.336 e. The molecule has 1 rings (SSSR count). The van der Waals surface area contributed by atoms with Crippen molar-refractivity contribution in [3.63, 3.8) is 0 Å². The van der Waals surface area contributed by atoms with Crippen molar-refractivity contribution in [2.45, 2.75) is 32.9 Å². The van der Waals surface area contributed by atoms with Crippen molar-refractivity contribution in [2.24, 2.45) is 0 Å². The van der Waals surface area contributed by atoms with Gasteiger partial charge in [0.25, 0.3) is 0 Å². The monoisotopic (exact) mass is 297 g/mol. The van der Waals surface area contributed by atoms with E-state index in [4.69, 9.17) is 11.6 Å². The summed E-state index contributed by atoms with van der Waals surface area (Å²) >= 11 is 5.91. The molecule has 0 heterocycles. The zero-order valence-electron chi connectivity index (χ0n) is 11.9. The molecular weight excluding hydrogens is 278 g/mol. The molecule has 0 saturated heterocycles. The Bertz CT molecular complexity index is 477. The van der Waals surface area contributed by atoms with E-state index in [1.165, 1.54) is 0 Å². The number of carbonyl (C=O) groups excluding carboxylic acids is 2. The van der Waals surface area contributed by atoms with Gasteiger partial charge in [-0.25, -0.2) is 4.79 Å². The zero-order valence-corrected chi connectivity index (χ0v) is 12.6. The minimum atomic E-state index is -0.484. The molecule has 0 aliphatic carbocycles. The number of rotatable bonds is 5. The Labute approximate surface area is 124 Å². The van der Waals surface area contributed by atoms with Gasteiger partial charge >= 0.3 is 6.03 Å². The predicted molar refractivity (Wildman–Crippen MR) is 79.7 cm³/mol. The average Bonchev–Trinajstić information content (AvgIpc) is 2.34. The SMILES string of the molecule is CC(C)NC(=O)NC(=O)CN[C@H](C)c1cccc(Cl)c1. The van der Waals surface area contributed by atoms with Crippen LogP contribution in [-0.4, -0.2) is 24.5 Å². The van der Waals surface area contributed by atoms with Gasteiger partial charge in [-0.15, -0.1) is 0 Å². The molecule has 3 amide bonds. The van der Waals surface area contributed by atoms with Crippen LogP contribution in [0.25, 0.3) is 0 Å². The predicted octanol–water partition coefficient (Wildman–Crippen LogP) is 2.22. The van der Waals surface area contributed by atoms with Crippen molar-refractivity contribution in [2.75, 3.05) is 6.54 Å². The summed E-state index contributed by atoms with van der Waals surface area (Å²) < 4.78 is 0. The van der Waals surface area contributed by atoms with Gasteiger partial charge in [0.15, 0.2) is 0 Å². The molecule has 3 N–H and O–H groups in total. The van der Waals surface area contributed by atoms with Crippen molar-refractivity contribution >= 4 is 23.5 Å². The summed E-state index contributed by atoms with van der Waals surface area (Å²) in [6.07, 6.45) is 0. The first-order valence-electron chi connectivity index (χ1n) is 6.47. The summed E-state index contributed by atoms with van der Waals surface area (Å²) in [5, 5.41) is 8.52. The molecule has 0 saturated carbocycles. The molecule has 20 heavy (non-hydrogen) atoms. The van der Waals surface area contributed by atoms with Gasteiger partial charge in [0, 0.05) is 17.1 Å². The normalized spacial score (nSPS) is 12.1. The molecule has 0 spiro atoms. The number of imide groups is 1. The van der Waals surface area contributed by atoms with E-state index in [1.54, 1.807) is 6.07 Å². The highest BCUT2D eigenvalue weighted by molar-refractivity contribution is 6.30. The first-order valence-corrected chi connectivity index (χ1v) is 6.85. The maximum absolute atomic E-state index is 11.6. The van der Waals surface area contributed by atoms with E-state index >= 15 is 0 Å². The van der Waals surface area contributed by atoms with Crippen LogP contribution in [0.3, 0.4) is 0 Å². The van der Waals surface area contributed by atoms with Crippen LogP contribution in [-0.2, 0) is 4.79 Å². The van der Waals surface area contributed by atoms with Gasteiger partial charge in [-0.2, -0.15) is 0 Å². The summed E-state index contributed by atoms with van der Waals surface area (Å²) in [5.41, 5.74) is 0.983. The third kappa shape index (κ3) is 6.04. The Balaban J connectivity index is 2.39. The van der Waals surface area contributed by atoms with Crippen LogP contribution in [0.2, 0.25) is 5.02 Å². The fourth-order valence-electron chi connectivity index (χ4n) is 1.61. The maximum atomic E-state index is 11.6. The fourth-order valence-corrected chi connectivity index (χ4v) is 1.81. The molecule has 0 aliphatic heterocycles. The van der Waals surface area contributed by atoms with E-state index in [0.29, 0.717) is 5.02 Å². The Kier molecular flexibility index (Phi) is 6.48. The molecule has 0 fully saturated rings. The van der Waals surface area contributed by atoms with Crippen molar-refractivity contribution in [1.29, 1.82) is 0 Å². The van der Waals surface area contributed by atoms with E-state index in [-0.39, 0.29) is 24.5 Å². The third-order valence-electron chi connectivity index (χ3n) is 2.59. The van der Waals surface area contributed by atoms with E-state index < -0.39 is 6.03 Å². The second-order valence-electron chi connectivity index (χ2n) is 4.83. The van der Waals surface area contributed by atoms with Gasteiger partial charge in [0.05, 0.1) is 6.54 Å². The van der Waals surface area contributed by atoms with Crippen LogP contribution >= 0.6 is 11.6 Å². The van der Waals surface area contributed by atoms with Crippen molar-refractivity contribution < 1.29 is 9.59 Å². The second-order valence-corrected chi connectivity index (χ2v) is 5.27.